The Morgan fingerprint density at radius 1 is 1.26 bits per heavy atom. The molecule has 0 saturated carbocycles. The summed E-state index contributed by atoms with van der Waals surface area (Å²) >= 11 is 7.48. The summed E-state index contributed by atoms with van der Waals surface area (Å²) < 4.78 is 13.2. The summed E-state index contributed by atoms with van der Waals surface area (Å²) in [5.41, 5.74) is 1.58. The Morgan fingerprint density at radius 3 is 2.74 bits per heavy atom. The molecule has 5 heteroatoms. The minimum absolute atomic E-state index is 0.383. The molecule has 0 radical (unpaired) electrons. The topological polar surface area (TPSA) is 35.8 Å². The van der Waals surface area contributed by atoms with Gasteiger partial charge >= 0.3 is 0 Å². The van der Waals surface area contributed by atoms with Crippen molar-refractivity contribution >= 4 is 34.7 Å². The summed E-state index contributed by atoms with van der Waals surface area (Å²) in [4.78, 5) is 0.861. The van der Waals surface area contributed by atoms with E-state index in [4.69, 9.17) is 11.6 Å². The Morgan fingerprint density at radius 2 is 2.05 bits per heavy atom. The second kappa shape index (κ2) is 5.96. The Kier molecular flexibility index (Phi) is 4.31. The van der Waals surface area contributed by atoms with Crippen molar-refractivity contribution in [2.24, 2.45) is 0 Å². The molecule has 0 aliphatic carbocycles. The van der Waals surface area contributed by atoms with Gasteiger partial charge in [-0.2, -0.15) is 5.26 Å². The van der Waals surface area contributed by atoms with Crippen LogP contribution >= 0.6 is 23.4 Å². The van der Waals surface area contributed by atoms with Crippen LogP contribution in [0.2, 0.25) is 5.02 Å². The fourth-order valence-corrected chi connectivity index (χ4v) is 2.40. The maximum atomic E-state index is 13.2. The highest BCUT2D eigenvalue weighted by molar-refractivity contribution is 7.98. The number of thioether (sulfide) groups is 1. The minimum Gasteiger partial charge on any atom is -0.353 e. The Bertz CT molecular complexity index is 652. The molecule has 19 heavy (non-hydrogen) atoms. The van der Waals surface area contributed by atoms with Crippen molar-refractivity contribution in [3.63, 3.8) is 0 Å². The predicted molar refractivity (Wildman–Crippen MR) is 77.6 cm³/mol. The van der Waals surface area contributed by atoms with Crippen molar-refractivity contribution in [2.75, 3.05) is 11.6 Å². The van der Waals surface area contributed by atoms with Gasteiger partial charge in [0.1, 0.15) is 11.9 Å². The molecule has 0 saturated heterocycles. The number of nitriles is 1. The molecule has 2 rings (SSSR count). The molecule has 0 heterocycles. The molecule has 0 unspecified atom stereocenters. The van der Waals surface area contributed by atoms with Gasteiger partial charge in [0, 0.05) is 4.90 Å². The van der Waals surface area contributed by atoms with E-state index in [1.165, 1.54) is 30.0 Å². The van der Waals surface area contributed by atoms with E-state index in [-0.39, 0.29) is 5.82 Å². The van der Waals surface area contributed by atoms with E-state index in [1.807, 2.05) is 18.4 Å². The molecular weight excluding hydrogens is 283 g/mol. The SMILES string of the molecule is CSc1cccc(Nc2cc(F)ccc2Cl)c1C#N. The van der Waals surface area contributed by atoms with Gasteiger partial charge in [-0.1, -0.05) is 17.7 Å². The molecule has 0 aliphatic heterocycles. The van der Waals surface area contributed by atoms with Crippen LogP contribution in [0.3, 0.4) is 0 Å². The number of halogens is 2. The first-order valence-corrected chi connectivity index (χ1v) is 7.05. The quantitative estimate of drug-likeness (QED) is 0.824. The molecule has 0 spiro atoms. The van der Waals surface area contributed by atoms with Crippen LogP contribution in [0.4, 0.5) is 15.8 Å². The molecule has 2 nitrogen and oxygen atoms in total. The van der Waals surface area contributed by atoms with Crippen molar-refractivity contribution in [3.8, 4) is 6.07 Å². The highest BCUT2D eigenvalue weighted by Crippen LogP contribution is 2.31. The van der Waals surface area contributed by atoms with Crippen LogP contribution in [0.1, 0.15) is 5.56 Å². The van der Waals surface area contributed by atoms with Crippen molar-refractivity contribution in [3.05, 3.63) is 52.8 Å². The van der Waals surface area contributed by atoms with Crippen LogP contribution < -0.4 is 5.32 Å². The monoisotopic (exact) mass is 292 g/mol. The molecule has 0 aromatic heterocycles. The molecule has 96 valence electrons. The lowest BCUT2D eigenvalue weighted by Crippen LogP contribution is -1.96. The van der Waals surface area contributed by atoms with E-state index in [2.05, 4.69) is 11.4 Å². The summed E-state index contributed by atoms with van der Waals surface area (Å²) in [6, 6.07) is 11.7. The summed E-state index contributed by atoms with van der Waals surface area (Å²) in [6.07, 6.45) is 1.90. The fraction of sp³-hybridized carbons (Fsp3) is 0.0714. The Balaban J connectivity index is 2.44. The molecule has 0 atom stereocenters. The summed E-state index contributed by atoms with van der Waals surface area (Å²) in [5.74, 6) is -0.383. The average Bonchev–Trinajstić information content (AvgIpc) is 2.42. The van der Waals surface area contributed by atoms with Crippen LogP contribution in [-0.2, 0) is 0 Å². The van der Waals surface area contributed by atoms with E-state index in [0.717, 1.165) is 4.90 Å². The third kappa shape index (κ3) is 3.01. The highest BCUT2D eigenvalue weighted by atomic mass is 35.5. The lowest BCUT2D eigenvalue weighted by Gasteiger charge is -2.11. The number of rotatable bonds is 3. The Labute approximate surface area is 120 Å². The fourth-order valence-electron chi connectivity index (χ4n) is 1.66. The number of hydrogen-bond donors (Lipinski definition) is 1. The molecule has 2 aromatic rings. The smallest absolute Gasteiger partial charge is 0.125 e. The van der Waals surface area contributed by atoms with E-state index < -0.39 is 0 Å². The van der Waals surface area contributed by atoms with E-state index >= 15 is 0 Å². The zero-order chi connectivity index (χ0) is 13.8. The van der Waals surface area contributed by atoms with Crippen LogP contribution in [0.15, 0.2) is 41.3 Å². The van der Waals surface area contributed by atoms with Gasteiger partial charge in [-0.05, 0) is 36.6 Å². The van der Waals surface area contributed by atoms with Gasteiger partial charge in [0.2, 0.25) is 0 Å². The molecular formula is C14H10ClFN2S. The molecule has 0 bridgehead atoms. The molecule has 0 fully saturated rings. The van der Waals surface area contributed by atoms with Crippen molar-refractivity contribution < 1.29 is 4.39 Å². The second-order valence-electron chi connectivity index (χ2n) is 3.74. The largest absolute Gasteiger partial charge is 0.353 e. The maximum absolute atomic E-state index is 13.2. The summed E-state index contributed by atoms with van der Waals surface area (Å²) in [5, 5.41) is 12.6. The first kappa shape index (κ1) is 13.7. The standard InChI is InChI=1S/C14H10ClFN2S/c1-19-14-4-2-3-12(10(14)8-17)18-13-7-9(16)5-6-11(13)15/h2-7,18H,1H3. The van der Waals surface area contributed by atoms with Crippen molar-refractivity contribution in [1.82, 2.24) is 0 Å². The van der Waals surface area contributed by atoms with Crippen LogP contribution in [0.5, 0.6) is 0 Å². The van der Waals surface area contributed by atoms with Crippen LogP contribution in [-0.4, -0.2) is 6.26 Å². The van der Waals surface area contributed by atoms with Gasteiger partial charge in [0.15, 0.2) is 0 Å². The average molecular weight is 293 g/mol. The van der Waals surface area contributed by atoms with Crippen LogP contribution in [0.25, 0.3) is 0 Å². The molecule has 1 N–H and O–H groups in total. The summed E-state index contributed by atoms with van der Waals surface area (Å²) in [6.45, 7) is 0. The zero-order valence-electron chi connectivity index (χ0n) is 10.1. The maximum Gasteiger partial charge on any atom is 0.125 e. The lowest BCUT2D eigenvalue weighted by molar-refractivity contribution is 0.628. The first-order chi connectivity index (χ1) is 9.15. The number of hydrogen-bond acceptors (Lipinski definition) is 3. The molecule has 0 aliphatic rings. The minimum atomic E-state index is -0.383. The van der Waals surface area contributed by atoms with Crippen molar-refractivity contribution in [2.45, 2.75) is 4.90 Å². The van der Waals surface area contributed by atoms with E-state index in [0.29, 0.717) is 22.0 Å². The van der Waals surface area contributed by atoms with Gasteiger partial charge in [-0.15, -0.1) is 11.8 Å². The van der Waals surface area contributed by atoms with Gasteiger partial charge < -0.3 is 5.32 Å². The molecule has 0 amide bonds. The number of nitrogens with one attached hydrogen (secondary N) is 1. The van der Waals surface area contributed by atoms with Gasteiger partial charge in [-0.3, -0.25) is 0 Å². The molecule has 2 aromatic carbocycles. The third-order valence-electron chi connectivity index (χ3n) is 2.56. The first-order valence-electron chi connectivity index (χ1n) is 5.45. The Hall–Kier alpha value is -1.70. The highest BCUT2D eigenvalue weighted by Gasteiger charge is 2.09. The van der Waals surface area contributed by atoms with Crippen molar-refractivity contribution in [1.29, 1.82) is 5.26 Å². The summed E-state index contributed by atoms with van der Waals surface area (Å²) in [7, 11) is 0. The normalized spacial score (nSPS) is 10.0. The predicted octanol–water partition coefficient (Wildman–Crippen LogP) is 4.82. The van der Waals surface area contributed by atoms with Crippen LogP contribution in [0, 0.1) is 17.1 Å². The van der Waals surface area contributed by atoms with Gasteiger partial charge in [0.25, 0.3) is 0 Å². The number of nitrogens with zero attached hydrogens (tertiary/aromatic N) is 1. The third-order valence-corrected chi connectivity index (χ3v) is 3.67. The number of anilines is 2. The second-order valence-corrected chi connectivity index (χ2v) is 5.00. The van der Waals surface area contributed by atoms with Gasteiger partial charge in [0.05, 0.1) is 22.0 Å². The van der Waals surface area contributed by atoms with E-state index in [9.17, 15) is 9.65 Å². The lowest BCUT2D eigenvalue weighted by atomic mass is 10.2. The zero-order valence-corrected chi connectivity index (χ0v) is 11.6. The van der Waals surface area contributed by atoms with E-state index in [1.54, 1.807) is 6.07 Å². The van der Waals surface area contributed by atoms with Gasteiger partial charge in [-0.25, -0.2) is 4.39 Å². The number of benzene rings is 2.